The molecule has 1 saturated carbocycles. The van der Waals surface area contributed by atoms with Crippen molar-refractivity contribution in [2.24, 2.45) is 11.7 Å². The molecule has 0 aromatic carbocycles. The lowest BCUT2D eigenvalue weighted by atomic mass is 10.0. The number of hydrogen-bond acceptors (Lipinski definition) is 4. The van der Waals surface area contributed by atoms with Crippen LogP contribution in [0.5, 0.6) is 0 Å². The summed E-state index contributed by atoms with van der Waals surface area (Å²) in [7, 11) is -3.19. The summed E-state index contributed by atoms with van der Waals surface area (Å²) in [5.74, 6) is 0.296. The molecule has 2 rings (SSSR count). The van der Waals surface area contributed by atoms with Crippen LogP contribution in [0.3, 0.4) is 0 Å². The van der Waals surface area contributed by atoms with Gasteiger partial charge in [-0.15, -0.1) is 0 Å². The van der Waals surface area contributed by atoms with Gasteiger partial charge in [-0.1, -0.05) is 6.42 Å². The van der Waals surface area contributed by atoms with E-state index in [4.69, 9.17) is 5.73 Å². The Labute approximate surface area is 108 Å². The molecule has 18 heavy (non-hydrogen) atoms. The van der Waals surface area contributed by atoms with Crippen molar-refractivity contribution in [2.75, 3.05) is 25.4 Å². The molecule has 1 amide bonds. The highest BCUT2D eigenvalue weighted by Crippen LogP contribution is 2.24. The van der Waals surface area contributed by atoms with Gasteiger partial charge in [0.25, 0.3) is 0 Å². The van der Waals surface area contributed by atoms with Gasteiger partial charge in [-0.3, -0.25) is 4.79 Å². The molecule has 0 radical (unpaired) electrons. The van der Waals surface area contributed by atoms with E-state index in [1.54, 1.807) is 0 Å². The summed E-state index contributed by atoms with van der Waals surface area (Å²) in [5.41, 5.74) is 5.65. The number of nitrogens with two attached hydrogens (primary N) is 1. The van der Waals surface area contributed by atoms with Crippen LogP contribution in [0.1, 0.15) is 25.7 Å². The van der Waals surface area contributed by atoms with Crippen LogP contribution in [0, 0.1) is 5.92 Å². The predicted octanol–water partition coefficient (Wildman–Crippen LogP) is -0.734. The predicted molar refractivity (Wildman–Crippen MR) is 68.3 cm³/mol. The van der Waals surface area contributed by atoms with E-state index in [-0.39, 0.29) is 24.2 Å². The number of carbonyl (C=O) groups excluding carboxylic acids is 1. The van der Waals surface area contributed by atoms with Crippen LogP contribution in [0.15, 0.2) is 0 Å². The summed E-state index contributed by atoms with van der Waals surface area (Å²) in [4.78, 5) is 11.8. The fraction of sp³-hybridized carbons (Fsp3) is 0.909. The Balaban J connectivity index is 1.85. The zero-order valence-electron chi connectivity index (χ0n) is 10.5. The van der Waals surface area contributed by atoms with E-state index in [0.29, 0.717) is 25.4 Å². The van der Waals surface area contributed by atoms with Gasteiger partial charge in [0.15, 0.2) is 0 Å². The molecule has 2 atom stereocenters. The number of carbonyl (C=O) groups is 1. The Bertz CT molecular complexity index is 410. The third kappa shape index (κ3) is 3.02. The van der Waals surface area contributed by atoms with Crippen molar-refractivity contribution in [3.8, 4) is 0 Å². The van der Waals surface area contributed by atoms with Crippen molar-refractivity contribution in [1.29, 1.82) is 0 Å². The van der Waals surface area contributed by atoms with Crippen LogP contribution in [0.25, 0.3) is 0 Å². The van der Waals surface area contributed by atoms with E-state index < -0.39 is 10.0 Å². The van der Waals surface area contributed by atoms with Gasteiger partial charge in [-0.25, -0.2) is 8.42 Å². The first-order valence-corrected chi connectivity index (χ1v) is 8.11. The third-order valence-electron chi connectivity index (χ3n) is 3.83. The minimum atomic E-state index is -3.19. The van der Waals surface area contributed by atoms with Gasteiger partial charge in [0, 0.05) is 12.6 Å². The van der Waals surface area contributed by atoms with Gasteiger partial charge in [0.1, 0.15) is 0 Å². The number of rotatable bonds is 4. The standard InChI is InChI=1S/C11H21N3O3S/c12-7-9-3-1-4-10(9)13-11(15)8-14-5-2-6-18(14,16)17/h9-10H,1-8,12H2,(H,13,15). The molecule has 0 bridgehead atoms. The van der Waals surface area contributed by atoms with Crippen molar-refractivity contribution in [3.63, 3.8) is 0 Å². The van der Waals surface area contributed by atoms with Crippen molar-refractivity contribution >= 4 is 15.9 Å². The lowest BCUT2D eigenvalue weighted by Gasteiger charge is -2.21. The van der Waals surface area contributed by atoms with Crippen molar-refractivity contribution < 1.29 is 13.2 Å². The molecule has 1 saturated heterocycles. The van der Waals surface area contributed by atoms with Crippen molar-refractivity contribution in [1.82, 2.24) is 9.62 Å². The van der Waals surface area contributed by atoms with Gasteiger partial charge in [-0.05, 0) is 31.7 Å². The molecule has 104 valence electrons. The van der Waals surface area contributed by atoms with Gasteiger partial charge in [-0.2, -0.15) is 4.31 Å². The third-order valence-corrected chi connectivity index (χ3v) is 5.73. The van der Waals surface area contributed by atoms with Crippen molar-refractivity contribution in [3.05, 3.63) is 0 Å². The monoisotopic (exact) mass is 275 g/mol. The van der Waals surface area contributed by atoms with E-state index in [1.165, 1.54) is 4.31 Å². The molecule has 1 heterocycles. The smallest absolute Gasteiger partial charge is 0.235 e. The average molecular weight is 275 g/mol. The number of nitrogens with zero attached hydrogens (tertiary/aromatic N) is 1. The van der Waals surface area contributed by atoms with E-state index in [9.17, 15) is 13.2 Å². The Morgan fingerprint density at radius 3 is 2.72 bits per heavy atom. The SMILES string of the molecule is NCC1CCCC1NC(=O)CN1CCCS1(=O)=O. The summed E-state index contributed by atoms with van der Waals surface area (Å²) in [6.07, 6.45) is 3.68. The second kappa shape index (κ2) is 5.54. The van der Waals surface area contributed by atoms with E-state index in [1.807, 2.05) is 0 Å². The molecule has 7 heteroatoms. The molecule has 0 aromatic heterocycles. The van der Waals surface area contributed by atoms with E-state index >= 15 is 0 Å². The van der Waals surface area contributed by atoms with Crippen LogP contribution in [-0.4, -0.2) is 50.1 Å². The van der Waals surface area contributed by atoms with Gasteiger partial charge in [0.2, 0.25) is 15.9 Å². The van der Waals surface area contributed by atoms with Crippen LogP contribution < -0.4 is 11.1 Å². The van der Waals surface area contributed by atoms with Crippen LogP contribution in [0.2, 0.25) is 0 Å². The van der Waals surface area contributed by atoms with Crippen LogP contribution in [0.4, 0.5) is 0 Å². The molecular formula is C11H21N3O3S. The Morgan fingerprint density at radius 1 is 1.33 bits per heavy atom. The maximum Gasteiger partial charge on any atom is 0.235 e. The van der Waals surface area contributed by atoms with Crippen molar-refractivity contribution in [2.45, 2.75) is 31.7 Å². The largest absolute Gasteiger partial charge is 0.352 e. The zero-order chi connectivity index (χ0) is 13.2. The quantitative estimate of drug-likeness (QED) is 0.707. The summed E-state index contributed by atoms with van der Waals surface area (Å²) < 4.78 is 24.4. The van der Waals surface area contributed by atoms with E-state index in [2.05, 4.69) is 5.32 Å². The van der Waals surface area contributed by atoms with Gasteiger partial charge in [0.05, 0.1) is 12.3 Å². The molecular weight excluding hydrogens is 254 g/mol. The Kier molecular flexibility index (Phi) is 4.24. The highest BCUT2D eigenvalue weighted by molar-refractivity contribution is 7.89. The molecule has 2 aliphatic rings. The molecule has 1 aliphatic heterocycles. The number of sulfonamides is 1. The highest BCUT2D eigenvalue weighted by Gasteiger charge is 2.32. The topological polar surface area (TPSA) is 92.5 Å². The number of amides is 1. The first kappa shape index (κ1) is 13.8. The molecule has 0 spiro atoms. The fourth-order valence-corrected chi connectivity index (χ4v) is 4.26. The van der Waals surface area contributed by atoms with Gasteiger partial charge >= 0.3 is 0 Å². The number of nitrogens with one attached hydrogen (secondary N) is 1. The summed E-state index contributed by atoms with van der Waals surface area (Å²) in [6, 6.07) is 0.118. The molecule has 6 nitrogen and oxygen atoms in total. The normalized spacial score (nSPS) is 31.6. The Morgan fingerprint density at radius 2 is 2.11 bits per heavy atom. The van der Waals surface area contributed by atoms with Gasteiger partial charge < -0.3 is 11.1 Å². The molecule has 2 unspecified atom stereocenters. The fourth-order valence-electron chi connectivity index (χ4n) is 2.79. The number of hydrogen-bond donors (Lipinski definition) is 2. The van der Waals surface area contributed by atoms with Crippen LogP contribution in [-0.2, 0) is 14.8 Å². The van der Waals surface area contributed by atoms with E-state index in [0.717, 1.165) is 19.3 Å². The zero-order valence-corrected chi connectivity index (χ0v) is 11.3. The highest BCUT2D eigenvalue weighted by atomic mass is 32.2. The maximum atomic E-state index is 11.8. The summed E-state index contributed by atoms with van der Waals surface area (Å²) >= 11 is 0. The average Bonchev–Trinajstić information content (AvgIpc) is 2.86. The first-order valence-electron chi connectivity index (χ1n) is 6.50. The maximum absolute atomic E-state index is 11.8. The summed E-state index contributed by atoms with van der Waals surface area (Å²) in [5, 5.41) is 2.92. The molecule has 0 aromatic rings. The molecule has 2 fully saturated rings. The minimum Gasteiger partial charge on any atom is -0.352 e. The molecule has 3 N–H and O–H groups in total. The lowest BCUT2D eigenvalue weighted by molar-refractivity contribution is -0.122. The lowest BCUT2D eigenvalue weighted by Crippen LogP contribution is -2.45. The molecule has 1 aliphatic carbocycles. The second-order valence-electron chi connectivity index (χ2n) is 5.10. The first-order chi connectivity index (χ1) is 8.53. The minimum absolute atomic E-state index is 0.0455. The Hall–Kier alpha value is -0.660. The van der Waals surface area contributed by atoms with Crippen LogP contribution >= 0.6 is 0 Å². The summed E-state index contributed by atoms with van der Waals surface area (Å²) in [6.45, 7) is 0.990. The second-order valence-corrected chi connectivity index (χ2v) is 7.19.